The van der Waals surface area contributed by atoms with Gasteiger partial charge in [0.15, 0.2) is 10.7 Å². The van der Waals surface area contributed by atoms with Crippen molar-refractivity contribution in [1.29, 1.82) is 5.26 Å². The van der Waals surface area contributed by atoms with E-state index in [1.54, 1.807) is 30.5 Å². The second-order valence-electron chi connectivity index (χ2n) is 3.06. The van der Waals surface area contributed by atoms with E-state index in [-0.39, 0.29) is 18.6 Å². The average Bonchev–Trinajstić information content (AvgIpc) is 2.26. The fourth-order valence-electron chi connectivity index (χ4n) is 1.15. The molecule has 15 heavy (non-hydrogen) atoms. The van der Waals surface area contributed by atoms with Gasteiger partial charge in [-0.05, 0) is 35.4 Å². The fourth-order valence-corrected chi connectivity index (χ4v) is 1.67. The van der Waals surface area contributed by atoms with Crippen molar-refractivity contribution in [2.45, 2.75) is 17.7 Å². The Labute approximate surface area is 91.9 Å². The van der Waals surface area contributed by atoms with E-state index in [2.05, 4.69) is 0 Å². The van der Waals surface area contributed by atoms with Crippen molar-refractivity contribution in [3.05, 3.63) is 29.8 Å². The van der Waals surface area contributed by atoms with Crippen LogP contribution in [-0.4, -0.2) is 16.6 Å². The molecule has 1 aromatic rings. The molecular formula is C11H11NO2S. The van der Waals surface area contributed by atoms with Gasteiger partial charge in [0.25, 0.3) is 0 Å². The van der Waals surface area contributed by atoms with Crippen LogP contribution in [0.5, 0.6) is 0 Å². The molecule has 78 valence electrons. The van der Waals surface area contributed by atoms with Crippen LogP contribution in [-0.2, 0) is 11.2 Å². The molecule has 0 fully saturated rings. The molecule has 0 saturated carbocycles. The van der Waals surface area contributed by atoms with Gasteiger partial charge in [-0.1, -0.05) is 0 Å². The number of hydrogen-bond acceptors (Lipinski definition) is 3. The number of carbonyl (C=O) groups is 1. The first-order chi connectivity index (χ1) is 7.15. The van der Waals surface area contributed by atoms with Gasteiger partial charge in [0.05, 0.1) is 6.07 Å². The zero-order chi connectivity index (χ0) is 11.3. The van der Waals surface area contributed by atoms with Crippen molar-refractivity contribution in [2.24, 2.45) is 0 Å². The number of nitriles is 1. The van der Waals surface area contributed by atoms with Crippen molar-refractivity contribution in [1.82, 2.24) is 0 Å². The number of ketones is 1. The number of Topliss-reactive ketones (excluding diaryl/α,β-unsaturated/α-hetero) is 1. The number of benzene rings is 1. The number of carbonyl (C=O) groups excluding carboxylic acids is 1. The highest BCUT2D eigenvalue weighted by Gasteiger charge is 2.08. The molecule has 1 aromatic carbocycles. The van der Waals surface area contributed by atoms with Gasteiger partial charge in [0.2, 0.25) is 0 Å². The third kappa shape index (κ3) is 3.39. The maximum atomic E-state index is 11.5. The summed E-state index contributed by atoms with van der Waals surface area (Å²) in [5.41, 5.74) is 0.569. The lowest BCUT2D eigenvalue weighted by atomic mass is 10.1. The fraction of sp³-hybridized carbons (Fsp3) is 0.273. The first-order valence-electron chi connectivity index (χ1n) is 4.49. The summed E-state index contributed by atoms with van der Waals surface area (Å²) in [5, 5.41) is 8.34. The Morgan fingerprint density at radius 2 is 2.07 bits per heavy atom. The van der Waals surface area contributed by atoms with Crippen molar-refractivity contribution < 1.29 is 9.35 Å². The molecule has 1 rings (SSSR count). The minimum atomic E-state index is -1.02. The third-order valence-electron chi connectivity index (χ3n) is 1.97. The van der Waals surface area contributed by atoms with Gasteiger partial charge in [-0.3, -0.25) is 4.79 Å². The highest BCUT2D eigenvalue weighted by Crippen LogP contribution is 2.12. The highest BCUT2D eigenvalue weighted by atomic mass is 32.2. The third-order valence-corrected chi connectivity index (χ3v) is 2.91. The van der Waals surface area contributed by atoms with Crippen LogP contribution in [0.1, 0.15) is 23.2 Å². The molecule has 0 N–H and O–H groups in total. The molecule has 0 aliphatic carbocycles. The summed E-state index contributed by atoms with van der Waals surface area (Å²) < 4.78 is 11.1. The Hall–Kier alpha value is -1.31. The Kier molecular flexibility index (Phi) is 4.35. The molecule has 0 aliphatic rings. The molecule has 0 radical (unpaired) electrons. The largest absolute Gasteiger partial charge is 0.612 e. The van der Waals surface area contributed by atoms with E-state index in [4.69, 9.17) is 5.26 Å². The first kappa shape index (κ1) is 11.8. The maximum absolute atomic E-state index is 11.5. The summed E-state index contributed by atoms with van der Waals surface area (Å²) in [6, 6.07) is 8.58. The van der Waals surface area contributed by atoms with Crippen LogP contribution < -0.4 is 0 Å². The van der Waals surface area contributed by atoms with E-state index in [9.17, 15) is 9.35 Å². The number of hydrogen-bond donors (Lipinski definition) is 0. The molecule has 3 nitrogen and oxygen atoms in total. The van der Waals surface area contributed by atoms with Crippen molar-refractivity contribution in [2.75, 3.05) is 6.26 Å². The normalized spacial score (nSPS) is 11.8. The van der Waals surface area contributed by atoms with Gasteiger partial charge in [-0.2, -0.15) is 5.26 Å². The topological polar surface area (TPSA) is 63.9 Å². The van der Waals surface area contributed by atoms with Crippen LogP contribution in [0.4, 0.5) is 0 Å². The highest BCUT2D eigenvalue weighted by molar-refractivity contribution is 7.90. The molecule has 0 aliphatic heterocycles. The van der Waals surface area contributed by atoms with Crippen LogP contribution in [0.3, 0.4) is 0 Å². The standard InChI is InChI=1S/C11H11NO2S/c1-15(14)10-6-4-9(5-7-10)11(13)3-2-8-12/h4-7H,2-3H2,1H3. The summed E-state index contributed by atoms with van der Waals surface area (Å²) in [5.74, 6) is -0.0509. The van der Waals surface area contributed by atoms with E-state index in [0.29, 0.717) is 10.5 Å². The zero-order valence-electron chi connectivity index (χ0n) is 8.40. The van der Waals surface area contributed by atoms with E-state index >= 15 is 0 Å². The Balaban J connectivity index is 2.72. The van der Waals surface area contributed by atoms with E-state index in [0.717, 1.165) is 0 Å². The molecule has 4 heteroatoms. The van der Waals surface area contributed by atoms with Crippen LogP contribution in [0.25, 0.3) is 0 Å². The smallest absolute Gasteiger partial charge is 0.163 e. The molecule has 0 saturated heterocycles. The maximum Gasteiger partial charge on any atom is 0.163 e. The summed E-state index contributed by atoms with van der Waals surface area (Å²) in [6.45, 7) is 0. The Morgan fingerprint density at radius 1 is 1.47 bits per heavy atom. The minimum absolute atomic E-state index is 0.0509. The number of rotatable bonds is 4. The summed E-state index contributed by atoms with van der Waals surface area (Å²) in [6.07, 6.45) is 2.07. The SMILES string of the molecule is C[S+]([O-])c1ccc(C(=O)CCC#N)cc1. The van der Waals surface area contributed by atoms with Gasteiger partial charge in [-0.15, -0.1) is 0 Å². The summed E-state index contributed by atoms with van der Waals surface area (Å²) in [4.78, 5) is 12.2. The Morgan fingerprint density at radius 3 is 2.53 bits per heavy atom. The molecule has 0 heterocycles. The molecule has 0 spiro atoms. The van der Waals surface area contributed by atoms with Crippen LogP contribution in [0, 0.1) is 11.3 Å². The van der Waals surface area contributed by atoms with Crippen molar-refractivity contribution >= 4 is 17.0 Å². The van der Waals surface area contributed by atoms with Crippen molar-refractivity contribution in [3.8, 4) is 6.07 Å². The van der Waals surface area contributed by atoms with Crippen LogP contribution >= 0.6 is 0 Å². The van der Waals surface area contributed by atoms with Gasteiger partial charge in [0, 0.05) is 18.4 Å². The van der Waals surface area contributed by atoms with Gasteiger partial charge < -0.3 is 4.55 Å². The quantitative estimate of drug-likeness (QED) is 0.576. The van der Waals surface area contributed by atoms with Crippen molar-refractivity contribution in [3.63, 3.8) is 0 Å². The van der Waals surface area contributed by atoms with Crippen LogP contribution in [0.2, 0.25) is 0 Å². The average molecular weight is 221 g/mol. The van der Waals surface area contributed by atoms with Crippen LogP contribution in [0.15, 0.2) is 29.2 Å². The number of nitrogens with zero attached hydrogens (tertiary/aromatic N) is 1. The lowest BCUT2D eigenvalue weighted by molar-refractivity contribution is 0.0984. The lowest BCUT2D eigenvalue weighted by Gasteiger charge is -2.04. The second-order valence-corrected chi connectivity index (χ2v) is 4.44. The predicted molar refractivity (Wildman–Crippen MR) is 58.0 cm³/mol. The Bertz CT molecular complexity index is 379. The first-order valence-corrected chi connectivity index (χ1v) is 6.04. The van der Waals surface area contributed by atoms with E-state index in [1.165, 1.54) is 0 Å². The van der Waals surface area contributed by atoms with Gasteiger partial charge in [-0.25, -0.2) is 0 Å². The predicted octanol–water partition coefficient (Wildman–Crippen LogP) is 1.91. The molecule has 0 bridgehead atoms. The molecule has 1 atom stereocenters. The van der Waals surface area contributed by atoms with Gasteiger partial charge in [0.1, 0.15) is 6.26 Å². The lowest BCUT2D eigenvalue weighted by Crippen LogP contribution is -2.01. The monoisotopic (exact) mass is 221 g/mol. The van der Waals surface area contributed by atoms with E-state index < -0.39 is 11.2 Å². The molecule has 1 unspecified atom stereocenters. The molecule has 0 aromatic heterocycles. The summed E-state index contributed by atoms with van der Waals surface area (Å²) >= 11 is -1.02. The molecule has 0 amide bonds. The minimum Gasteiger partial charge on any atom is -0.612 e. The summed E-state index contributed by atoms with van der Waals surface area (Å²) in [7, 11) is 0. The zero-order valence-corrected chi connectivity index (χ0v) is 9.21. The van der Waals surface area contributed by atoms with Gasteiger partial charge >= 0.3 is 0 Å². The second kappa shape index (κ2) is 5.54. The van der Waals surface area contributed by atoms with E-state index in [1.807, 2.05) is 6.07 Å². The molecular weight excluding hydrogens is 210 g/mol.